The molecule has 0 unspecified atom stereocenters. The summed E-state index contributed by atoms with van der Waals surface area (Å²) in [6.07, 6.45) is 4.35. The van der Waals surface area contributed by atoms with Crippen molar-refractivity contribution in [3.63, 3.8) is 0 Å². The number of nitrogens with one attached hydrogen (secondary N) is 1. The molecule has 0 saturated heterocycles. The Morgan fingerprint density at radius 2 is 2.11 bits per heavy atom. The fraction of sp³-hybridized carbons (Fsp3) is 0.429. The van der Waals surface area contributed by atoms with Crippen LogP contribution >= 0.6 is 0 Å². The first-order valence-electron chi connectivity index (χ1n) is 6.53. The van der Waals surface area contributed by atoms with Crippen molar-refractivity contribution in [3.05, 3.63) is 34.2 Å². The van der Waals surface area contributed by atoms with E-state index in [0.29, 0.717) is 5.56 Å². The zero-order valence-electron chi connectivity index (χ0n) is 10.8. The standard InChI is InChI=1S/C14H16N2O3/c1-19-13(17)9-6-7-11-12(8-9)16(14(18)15-11)10-4-2-3-5-10/h6-8,10H,2-5H2,1H3,(H,15,18). The molecule has 1 aliphatic rings. The predicted molar refractivity (Wildman–Crippen MR) is 71.4 cm³/mol. The molecular weight excluding hydrogens is 244 g/mol. The molecule has 3 rings (SSSR count). The minimum Gasteiger partial charge on any atom is -0.465 e. The van der Waals surface area contributed by atoms with Gasteiger partial charge in [0.25, 0.3) is 0 Å². The molecule has 2 aromatic rings. The third kappa shape index (κ3) is 1.95. The SMILES string of the molecule is COC(=O)c1ccc2[nH]c(=O)n(C3CCCC3)c2c1. The van der Waals surface area contributed by atoms with Gasteiger partial charge in [0.2, 0.25) is 0 Å². The summed E-state index contributed by atoms with van der Waals surface area (Å²) < 4.78 is 6.51. The Morgan fingerprint density at radius 1 is 1.37 bits per heavy atom. The molecule has 0 amide bonds. The third-order valence-electron chi connectivity index (χ3n) is 3.83. The van der Waals surface area contributed by atoms with Gasteiger partial charge in [-0.05, 0) is 31.0 Å². The number of H-pyrrole nitrogens is 1. The number of fused-ring (bicyclic) bond motifs is 1. The fourth-order valence-corrected chi connectivity index (χ4v) is 2.89. The Bertz CT molecular complexity index is 678. The molecule has 0 spiro atoms. The number of benzene rings is 1. The summed E-state index contributed by atoms with van der Waals surface area (Å²) in [5, 5.41) is 0. The summed E-state index contributed by atoms with van der Waals surface area (Å²) in [4.78, 5) is 26.5. The van der Waals surface area contributed by atoms with Crippen LogP contribution in [-0.2, 0) is 4.74 Å². The molecule has 1 fully saturated rings. The van der Waals surface area contributed by atoms with Crippen LogP contribution in [0.4, 0.5) is 0 Å². The number of methoxy groups -OCH3 is 1. The minimum atomic E-state index is -0.381. The Hall–Kier alpha value is -2.04. The molecule has 100 valence electrons. The van der Waals surface area contributed by atoms with E-state index < -0.39 is 0 Å². The van der Waals surface area contributed by atoms with E-state index in [1.54, 1.807) is 22.8 Å². The van der Waals surface area contributed by atoms with Crippen molar-refractivity contribution < 1.29 is 9.53 Å². The average molecular weight is 260 g/mol. The average Bonchev–Trinajstić information content (AvgIpc) is 3.02. The molecule has 1 aromatic carbocycles. The summed E-state index contributed by atoms with van der Waals surface area (Å²) in [6, 6.07) is 5.41. The number of imidazole rings is 1. The molecule has 1 N–H and O–H groups in total. The van der Waals surface area contributed by atoms with Gasteiger partial charge in [0.05, 0.1) is 23.7 Å². The van der Waals surface area contributed by atoms with Gasteiger partial charge >= 0.3 is 11.7 Å². The van der Waals surface area contributed by atoms with E-state index in [-0.39, 0.29) is 17.7 Å². The second kappa shape index (κ2) is 4.57. The zero-order chi connectivity index (χ0) is 13.4. The van der Waals surface area contributed by atoms with E-state index in [2.05, 4.69) is 4.98 Å². The monoisotopic (exact) mass is 260 g/mol. The van der Waals surface area contributed by atoms with Crippen molar-refractivity contribution in [3.8, 4) is 0 Å². The fourth-order valence-electron chi connectivity index (χ4n) is 2.89. The van der Waals surface area contributed by atoms with Gasteiger partial charge < -0.3 is 9.72 Å². The number of carbonyl (C=O) groups is 1. The maximum absolute atomic E-state index is 12.1. The molecule has 1 aromatic heterocycles. The van der Waals surface area contributed by atoms with E-state index in [1.807, 2.05) is 0 Å². The Kier molecular flexibility index (Phi) is 2.89. The summed E-state index contributed by atoms with van der Waals surface area (Å²) in [6.45, 7) is 0. The topological polar surface area (TPSA) is 64.1 Å². The first kappa shape index (κ1) is 12.0. The molecule has 0 aliphatic heterocycles. The van der Waals surface area contributed by atoms with Crippen LogP contribution in [0.25, 0.3) is 11.0 Å². The van der Waals surface area contributed by atoms with Crippen LogP contribution < -0.4 is 5.69 Å². The summed E-state index contributed by atoms with van der Waals surface area (Å²) >= 11 is 0. The quantitative estimate of drug-likeness (QED) is 0.842. The lowest BCUT2D eigenvalue weighted by Gasteiger charge is -2.11. The number of esters is 1. The number of hydrogen-bond donors (Lipinski definition) is 1. The van der Waals surface area contributed by atoms with Crippen LogP contribution in [0.2, 0.25) is 0 Å². The van der Waals surface area contributed by atoms with Crippen LogP contribution in [0, 0.1) is 0 Å². The molecule has 0 bridgehead atoms. The Balaban J connectivity index is 2.17. The number of hydrogen-bond acceptors (Lipinski definition) is 3. The van der Waals surface area contributed by atoms with E-state index in [9.17, 15) is 9.59 Å². The van der Waals surface area contributed by atoms with Crippen molar-refractivity contribution in [2.45, 2.75) is 31.7 Å². The normalized spacial score (nSPS) is 16.1. The van der Waals surface area contributed by atoms with Gasteiger partial charge in [-0.15, -0.1) is 0 Å². The van der Waals surface area contributed by atoms with Crippen LogP contribution in [-0.4, -0.2) is 22.6 Å². The highest BCUT2D eigenvalue weighted by Gasteiger charge is 2.21. The zero-order valence-corrected chi connectivity index (χ0v) is 10.8. The first-order valence-corrected chi connectivity index (χ1v) is 6.53. The molecule has 1 aliphatic carbocycles. The molecule has 19 heavy (non-hydrogen) atoms. The van der Waals surface area contributed by atoms with E-state index >= 15 is 0 Å². The lowest BCUT2D eigenvalue weighted by molar-refractivity contribution is 0.0601. The summed E-state index contributed by atoms with van der Waals surface area (Å²) in [7, 11) is 1.35. The molecule has 5 heteroatoms. The molecule has 1 saturated carbocycles. The van der Waals surface area contributed by atoms with Crippen molar-refractivity contribution in [1.82, 2.24) is 9.55 Å². The number of rotatable bonds is 2. The maximum Gasteiger partial charge on any atom is 0.337 e. The van der Waals surface area contributed by atoms with E-state index in [0.717, 1.165) is 36.7 Å². The second-order valence-corrected chi connectivity index (χ2v) is 4.96. The number of nitrogens with zero attached hydrogens (tertiary/aromatic N) is 1. The number of aromatic amines is 1. The Labute approximate surface area is 110 Å². The van der Waals surface area contributed by atoms with Gasteiger partial charge in [0, 0.05) is 6.04 Å². The smallest absolute Gasteiger partial charge is 0.337 e. The lowest BCUT2D eigenvalue weighted by Crippen LogP contribution is -2.20. The van der Waals surface area contributed by atoms with Crippen molar-refractivity contribution in [1.29, 1.82) is 0 Å². The molecule has 0 atom stereocenters. The van der Waals surface area contributed by atoms with Gasteiger partial charge in [0.15, 0.2) is 0 Å². The minimum absolute atomic E-state index is 0.0936. The first-order chi connectivity index (χ1) is 9.20. The number of aromatic nitrogens is 2. The van der Waals surface area contributed by atoms with Crippen LogP contribution in [0.5, 0.6) is 0 Å². The largest absolute Gasteiger partial charge is 0.465 e. The van der Waals surface area contributed by atoms with E-state index in [4.69, 9.17) is 4.74 Å². The van der Waals surface area contributed by atoms with Gasteiger partial charge in [-0.25, -0.2) is 9.59 Å². The van der Waals surface area contributed by atoms with Crippen molar-refractivity contribution in [2.75, 3.05) is 7.11 Å². The van der Waals surface area contributed by atoms with Crippen molar-refractivity contribution in [2.24, 2.45) is 0 Å². The van der Waals surface area contributed by atoms with Crippen molar-refractivity contribution >= 4 is 17.0 Å². The van der Waals surface area contributed by atoms with Crippen LogP contribution in [0.3, 0.4) is 0 Å². The maximum atomic E-state index is 12.1. The van der Waals surface area contributed by atoms with Crippen LogP contribution in [0.1, 0.15) is 42.1 Å². The number of ether oxygens (including phenoxy) is 1. The lowest BCUT2D eigenvalue weighted by atomic mass is 10.2. The van der Waals surface area contributed by atoms with Crippen LogP contribution in [0.15, 0.2) is 23.0 Å². The second-order valence-electron chi connectivity index (χ2n) is 4.96. The van der Waals surface area contributed by atoms with E-state index in [1.165, 1.54) is 7.11 Å². The van der Waals surface area contributed by atoms with Gasteiger partial charge in [-0.1, -0.05) is 12.8 Å². The predicted octanol–water partition coefficient (Wildman–Crippen LogP) is 2.23. The van der Waals surface area contributed by atoms with Gasteiger partial charge in [-0.3, -0.25) is 4.57 Å². The highest BCUT2D eigenvalue weighted by molar-refractivity contribution is 5.93. The summed E-state index contributed by atoms with van der Waals surface area (Å²) in [5.74, 6) is -0.381. The third-order valence-corrected chi connectivity index (χ3v) is 3.83. The highest BCUT2D eigenvalue weighted by Crippen LogP contribution is 2.30. The molecule has 0 radical (unpaired) electrons. The molecule has 5 nitrogen and oxygen atoms in total. The number of carbonyl (C=O) groups excluding carboxylic acids is 1. The highest BCUT2D eigenvalue weighted by atomic mass is 16.5. The Morgan fingerprint density at radius 3 is 2.79 bits per heavy atom. The summed E-state index contributed by atoms with van der Waals surface area (Å²) in [5.41, 5.74) is 1.94. The van der Waals surface area contributed by atoms with Gasteiger partial charge in [-0.2, -0.15) is 0 Å². The molecular formula is C14H16N2O3. The molecule has 1 heterocycles. The van der Waals surface area contributed by atoms with Gasteiger partial charge in [0.1, 0.15) is 0 Å².